The van der Waals surface area contributed by atoms with E-state index in [0.29, 0.717) is 22.6 Å². The third-order valence-corrected chi connectivity index (χ3v) is 4.25. The number of hydrogen-bond donors (Lipinski definition) is 1. The van der Waals surface area contributed by atoms with E-state index in [0.717, 1.165) is 12.8 Å². The first kappa shape index (κ1) is 16.1. The molecule has 124 valence electrons. The van der Waals surface area contributed by atoms with Crippen molar-refractivity contribution in [3.05, 3.63) is 39.9 Å². The number of benzene rings is 1. The Balaban J connectivity index is 2.15. The van der Waals surface area contributed by atoms with Crippen LogP contribution in [-0.4, -0.2) is 19.6 Å². The van der Waals surface area contributed by atoms with Crippen molar-refractivity contribution in [3.8, 4) is 5.88 Å². The molecule has 0 spiro atoms. The Labute approximate surface area is 141 Å². The number of hydrogen-bond acceptors (Lipinski definition) is 7. The number of nitrogens with zero attached hydrogens (tertiary/aromatic N) is 5. The van der Waals surface area contributed by atoms with Crippen LogP contribution >= 0.6 is 11.3 Å². The van der Waals surface area contributed by atoms with Crippen LogP contribution in [0.3, 0.4) is 0 Å². The van der Waals surface area contributed by atoms with Gasteiger partial charge in [-0.1, -0.05) is 13.3 Å². The topological polar surface area (TPSA) is 106 Å². The minimum absolute atomic E-state index is 0.0424. The summed E-state index contributed by atoms with van der Waals surface area (Å²) in [5.74, 6) is -0.0424. The quantitative estimate of drug-likeness (QED) is 0.388. The molecule has 3 rings (SSSR count). The van der Waals surface area contributed by atoms with Crippen LogP contribution in [0.25, 0.3) is 10.9 Å². The van der Waals surface area contributed by atoms with Gasteiger partial charge in [0.2, 0.25) is 11.0 Å². The molecule has 0 aliphatic heterocycles. The summed E-state index contributed by atoms with van der Waals surface area (Å²) >= 11 is 1.31. The van der Waals surface area contributed by atoms with E-state index in [-0.39, 0.29) is 17.3 Å². The summed E-state index contributed by atoms with van der Waals surface area (Å²) in [5.41, 5.74) is 0.862. The molecule has 0 aliphatic rings. The molecule has 0 unspecified atom stereocenters. The fourth-order valence-corrected chi connectivity index (χ4v) is 2.88. The van der Waals surface area contributed by atoms with Crippen molar-refractivity contribution < 1.29 is 10.0 Å². The SMILES string of the molecule is CCCCn1c(O)c(N=Nc2nccs2)c2cc([N+](=O)[O-])ccc21. The zero-order chi connectivity index (χ0) is 17.1. The van der Waals surface area contributed by atoms with Gasteiger partial charge in [0.05, 0.1) is 10.4 Å². The number of azo groups is 1. The van der Waals surface area contributed by atoms with Crippen molar-refractivity contribution in [1.29, 1.82) is 0 Å². The number of non-ortho nitro benzene ring substituents is 1. The largest absolute Gasteiger partial charge is 0.493 e. The fraction of sp³-hybridized carbons (Fsp3) is 0.267. The summed E-state index contributed by atoms with van der Waals surface area (Å²) in [5, 5.41) is 32.4. The average molecular weight is 345 g/mol. The first-order valence-corrected chi connectivity index (χ1v) is 8.30. The Morgan fingerprint density at radius 2 is 2.25 bits per heavy atom. The van der Waals surface area contributed by atoms with Crippen LogP contribution in [0.5, 0.6) is 5.88 Å². The van der Waals surface area contributed by atoms with Gasteiger partial charge in [0.25, 0.3) is 5.69 Å². The molecule has 0 amide bonds. The second kappa shape index (κ2) is 6.75. The predicted octanol–water partition coefficient (Wildman–Crippen LogP) is 4.93. The highest BCUT2D eigenvalue weighted by atomic mass is 32.1. The Kier molecular flexibility index (Phi) is 4.52. The molecular weight excluding hydrogens is 330 g/mol. The molecule has 24 heavy (non-hydrogen) atoms. The number of nitro benzene ring substituents is 1. The third kappa shape index (κ3) is 2.98. The number of fused-ring (bicyclic) bond motifs is 1. The molecule has 8 nitrogen and oxygen atoms in total. The smallest absolute Gasteiger partial charge is 0.270 e. The Morgan fingerprint density at radius 1 is 1.42 bits per heavy atom. The monoisotopic (exact) mass is 345 g/mol. The fourth-order valence-electron chi connectivity index (χ4n) is 2.42. The molecular formula is C15H15N5O3S. The van der Waals surface area contributed by atoms with Gasteiger partial charge in [-0.3, -0.25) is 10.1 Å². The molecule has 9 heteroatoms. The molecule has 2 aromatic heterocycles. The summed E-state index contributed by atoms with van der Waals surface area (Å²) in [6.45, 7) is 2.65. The number of aromatic nitrogens is 2. The molecule has 2 heterocycles. The van der Waals surface area contributed by atoms with Crippen molar-refractivity contribution >= 4 is 38.7 Å². The number of unbranched alkanes of at least 4 members (excludes halogenated alkanes) is 1. The average Bonchev–Trinajstić information content (AvgIpc) is 3.17. The number of aromatic hydroxyl groups is 1. The maximum Gasteiger partial charge on any atom is 0.270 e. The summed E-state index contributed by atoms with van der Waals surface area (Å²) in [4.78, 5) is 14.6. The van der Waals surface area contributed by atoms with Crippen molar-refractivity contribution in [2.45, 2.75) is 26.3 Å². The van der Waals surface area contributed by atoms with E-state index in [1.54, 1.807) is 22.2 Å². The third-order valence-electron chi connectivity index (χ3n) is 3.59. The van der Waals surface area contributed by atoms with Crippen LogP contribution in [0.15, 0.2) is 40.0 Å². The second-order valence-electron chi connectivity index (χ2n) is 5.15. The van der Waals surface area contributed by atoms with E-state index >= 15 is 0 Å². The van der Waals surface area contributed by atoms with Crippen LogP contribution in [0, 0.1) is 10.1 Å². The van der Waals surface area contributed by atoms with Gasteiger partial charge in [0.1, 0.15) is 0 Å². The van der Waals surface area contributed by atoms with Crippen LogP contribution in [0.2, 0.25) is 0 Å². The lowest BCUT2D eigenvalue weighted by Crippen LogP contribution is -1.96. The van der Waals surface area contributed by atoms with Crippen molar-refractivity contribution in [1.82, 2.24) is 9.55 Å². The van der Waals surface area contributed by atoms with Gasteiger partial charge in [-0.05, 0) is 12.5 Å². The van der Waals surface area contributed by atoms with Crippen LogP contribution in [-0.2, 0) is 6.54 Å². The van der Waals surface area contributed by atoms with Crippen molar-refractivity contribution in [2.75, 3.05) is 0 Å². The van der Waals surface area contributed by atoms with Crippen molar-refractivity contribution in [2.24, 2.45) is 10.2 Å². The Morgan fingerprint density at radius 3 is 2.92 bits per heavy atom. The zero-order valence-corrected chi connectivity index (χ0v) is 13.7. The molecule has 0 radical (unpaired) electrons. The Bertz CT molecular complexity index is 902. The molecule has 1 aromatic carbocycles. The molecule has 1 N–H and O–H groups in total. The summed E-state index contributed by atoms with van der Waals surface area (Å²) < 4.78 is 1.71. The van der Waals surface area contributed by atoms with Gasteiger partial charge in [-0.15, -0.1) is 21.6 Å². The summed E-state index contributed by atoms with van der Waals surface area (Å²) in [6, 6.07) is 4.46. The first-order chi connectivity index (χ1) is 11.6. The lowest BCUT2D eigenvalue weighted by Gasteiger charge is -2.05. The van der Waals surface area contributed by atoms with Gasteiger partial charge >= 0.3 is 0 Å². The van der Waals surface area contributed by atoms with Gasteiger partial charge in [-0.25, -0.2) is 4.98 Å². The van der Waals surface area contributed by atoms with Crippen LogP contribution < -0.4 is 0 Å². The van der Waals surface area contributed by atoms with Crippen molar-refractivity contribution in [3.63, 3.8) is 0 Å². The van der Waals surface area contributed by atoms with Crippen LogP contribution in [0.1, 0.15) is 19.8 Å². The maximum atomic E-state index is 11.0. The van der Waals surface area contributed by atoms with E-state index in [4.69, 9.17) is 0 Å². The highest BCUT2D eigenvalue weighted by Gasteiger charge is 2.19. The molecule has 0 atom stereocenters. The number of rotatable bonds is 6. The number of thiazole rings is 1. The molecule has 0 saturated heterocycles. The highest BCUT2D eigenvalue weighted by molar-refractivity contribution is 7.13. The van der Waals surface area contributed by atoms with E-state index in [9.17, 15) is 15.2 Å². The zero-order valence-electron chi connectivity index (χ0n) is 12.9. The summed E-state index contributed by atoms with van der Waals surface area (Å²) in [6.07, 6.45) is 3.44. The molecule has 0 fully saturated rings. The first-order valence-electron chi connectivity index (χ1n) is 7.42. The normalized spacial score (nSPS) is 11.5. The molecule has 0 aliphatic carbocycles. The second-order valence-corrected chi connectivity index (χ2v) is 6.02. The summed E-state index contributed by atoms with van der Waals surface area (Å²) in [7, 11) is 0. The van der Waals surface area contributed by atoms with Gasteiger partial charge in [0, 0.05) is 35.6 Å². The van der Waals surface area contributed by atoms with E-state index in [1.807, 2.05) is 0 Å². The van der Waals surface area contributed by atoms with E-state index in [1.165, 1.54) is 23.5 Å². The highest BCUT2D eigenvalue weighted by Crippen LogP contribution is 2.41. The molecule has 0 bridgehead atoms. The number of nitro groups is 1. The van der Waals surface area contributed by atoms with E-state index < -0.39 is 4.92 Å². The van der Waals surface area contributed by atoms with Crippen LogP contribution in [0.4, 0.5) is 16.5 Å². The van der Waals surface area contributed by atoms with Gasteiger partial charge < -0.3 is 9.67 Å². The van der Waals surface area contributed by atoms with Gasteiger partial charge in [0.15, 0.2) is 5.69 Å². The van der Waals surface area contributed by atoms with E-state index in [2.05, 4.69) is 22.1 Å². The van der Waals surface area contributed by atoms with Gasteiger partial charge in [-0.2, -0.15) is 0 Å². The molecule has 3 aromatic rings. The lowest BCUT2D eigenvalue weighted by molar-refractivity contribution is -0.384. The number of aryl methyl sites for hydroxylation is 1. The predicted molar refractivity (Wildman–Crippen MR) is 91.5 cm³/mol. The molecule has 0 saturated carbocycles. The lowest BCUT2D eigenvalue weighted by atomic mass is 10.2. The maximum absolute atomic E-state index is 11.0. The minimum Gasteiger partial charge on any atom is -0.493 e. The minimum atomic E-state index is -0.471. The standard InChI is InChI=1S/C15H15N5O3S/c1-2-3-7-19-12-5-4-10(20(22)23)9-11(12)13(14(19)21)17-18-15-16-6-8-24-15/h4-6,8-9,21H,2-3,7H2,1H3. The Hall–Kier alpha value is -2.81.